The summed E-state index contributed by atoms with van der Waals surface area (Å²) in [5.74, 6) is -1.02. The molecule has 0 spiro atoms. The number of halogens is 2. The number of rotatable bonds is 5. The van der Waals surface area contributed by atoms with Crippen molar-refractivity contribution in [1.82, 2.24) is 0 Å². The molecule has 1 amide bonds. The first-order valence-electron chi connectivity index (χ1n) is 6.58. The van der Waals surface area contributed by atoms with Crippen LogP contribution in [0.25, 0.3) is 0 Å². The molecule has 7 heteroatoms. The number of anilines is 1. The molecule has 0 aromatic heterocycles. The zero-order chi connectivity index (χ0) is 17.0. The molecule has 2 rings (SSSR count). The van der Waals surface area contributed by atoms with Crippen molar-refractivity contribution in [3.05, 3.63) is 57.6 Å². The molecule has 0 fully saturated rings. The fraction of sp³-hybridized carbons (Fsp3) is 0.125. The molecule has 0 saturated carbocycles. The summed E-state index contributed by atoms with van der Waals surface area (Å²) in [6, 6.07) is 9.03. The Morgan fingerprint density at radius 3 is 2.39 bits per heavy atom. The van der Waals surface area contributed by atoms with Crippen LogP contribution in [0, 0.1) is 6.92 Å². The van der Waals surface area contributed by atoms with Crippen LogP contribution >= 0.6 is 23.2 Å². The Morgan fingerprint density at radius 1 is 1.17 bits per heavy atom. The van der Waals surface area contributed by atoms with Gasteiger partial charge in [-0.1, -0.05) is 23.2 Å². The average Bonchev–Trinajstić information content (AvgIpc) is 2.46. The van der Waals surface area contributed by atoms with Gasteiger partial charge >= 0.3 is 5.97 Å². The van der Waals surface area contributed by atoms with Gasteiger partial charge in [0, 0.05) is 10.7 Å². The first-order valence-corrected chi connectivity index (χ1v) is 7.34. The monoisotopic (exact) mass is 353 g/mol. The lowest BCUT2D eigenvalue weighted by atomic mass is 10.2. The van der Waals surface area contributed by atoms with Crippen LogP contribution in [0.15, 0.2) is 36.4 Å². The van der Waals surface area contributed by atoms with E-state index in [4.69, 9.17) is 33.0 Å². The van der Waals surface area contributed by atoms with E-state index >= 15 is 0 Å². The quantitative estimate of drug-likeness (QED) is 0.851. The minimum atomic E-state index is -1.03. The minimum absolute atomic E-state index is 0.141. The molecule has 2 N–H and O–H groups in total. The molecule has 23 heavy (non-hydrogen) atoms. The third-order valence-electron chi connectivity index (χ3n) is 2.96. The van der Waals surface area contributed by atoms with Crippen LogP contribution in [0.3, 0.4) is 0 Å². The van der Waals surface area contributed by atoms with E-state index in [1.54, 1.807) is 13.0 Å². The maximum Gasteiger partial charge on any atom is 0.335 e. The number of nitrogens with one attached hydrogen (secondary N) is 1. The molecule has 0 heterocycles. The summed E-state index contributed by atoms with van der Waals surface area (Å²) in [5, 5.41) is 12.2. The lowest BCUT2D eigenvalue weighted by Gasteiger charge is -2.11. The van der Waals surface area contributed by atoms with Gasteiger partial charge in [0.15, 0.2) is 6.61 Å². The Balaban J connectivity index is 1.96. The Morgan fingerprint density at radius 2 is 1.83 bits per heavy atom. The number of hydrogen-bond donors (Lipinski definition) is 2. The Bertz CT molecular complexity index is 721. The lowest BCUT2D eigenvalue weighted by Crippen LogP contribution is -2.20. The Hall–Kier alpha value is -2.24. The van der Waals surface area contributed by atoms with Gasteiger partial charge < -0.3 is 15.2 Å². The minimum Gasteiger partial charge on any atom is -0.482 e. The summed E-state index contributed by atoms with van der Waals surface area (Å²) in [5.41, 5.74) is 1.34. The highest BCUT2D eigenvalue weighted by molar-refractivity contribution is 6.35. The fourth-order valence-corrected chi connectivity index (χ4v) is 2.55. The number of carboxylic acid groups (broad SMARTS) is 1. The number of amides is 1. The van der Waals surface area contributed by atoms with Crippen molar-refractivity contribution in [3.63, 3.8) is 0 Å². The topological polar surface area (TPSA) is 75.6 Å². The van der Waals surface area contributed by atoms with Crippen LogP contribution in [0.4, 0.5) is 5.69 Å². The van der Waals surface area contributed by atoms with E-state index in [0.717, 1.165) is 5.56 Å². The predicted octanol–water partition coefficient (Wildman–Crippen LogP) is 4.02. The van der Waals surface area contributed by atoms with Gasteiger partial charge in [0.2, 0.25) is 0 Å². The summed E-state index contributed by atoms with van der Waals surface area (Å²) in [6.07, 6.45) is 0. The summed E-state index contributed by atoms with van der Waals surface area (Å²) in [7, 11) is 0. The van der Waals surface area contributed by atoms with Crippen molar-refractivity contribution < 1.29 is 19.4 Å². The molecule has 120 valence electrons. The summed E-state index contributed by atoms with van der Waals surface area (Å²) < 4.78 is 5.42. The molecule has 0 saturated heterocycles. The predicted molar refractivity (Wildman–Crippen MR) is 88.7 cm³/mol. The number of carboxylic acids is 1. The number of carbonyl (C=O) groups is 2. The largest absolute Gasteiger partial charge is 0.482 e. The smallest absolute Gasteiger partial charge is 0.335 e. The zero-order valence-electron chi connectivity index (χ0n) is 12.1. The van der Waals surface area contributed by atoms with Crippen LogP contribution < -0.4 is 10.1 Å². The van der Waals surface area contributed by atoms with Crippen molar-refractivity contribution in [3.8, 4) is 5.75 Å². The first kappa shape index (κ1) is 17.1. The number of aryl methyl sites for hydroxylation is 1. The molecular formula is C16H13Cl2NO4. The fourth-order valence-electron chi connectivity index (χ4n) is 1.90. The van der Waals surface area contributed by atoms with Crippen molar-refractivity contribution in [2.24, 2.45) is 0 Å². The highest BCUT2D eigenvalue weighted by Crippen LogP contribution is 2.31. The van der Waals surface area contributed by atoms with Gasteiger partial charge in [-0.2, -0.15) is 0 Å². The van der Waals surface area contributed by atoms with E-state index in [1.165, 1.54) is 30.3 Å². The van der Waals surface area contributed by atoms with Gasteiger partial charge in [0.05, 0.1) is 10.6 Å². The third kappa shape index (κ3) is 4.61. The van der Waals surface area contributed by atoms with E-state index in [9.17, 15) is 9.59 Å². The third-order valence-corrected chi connectivity index (χ3v) is 3.46. The number of carbonyl (C=O) groups excluding carboxylic acids is 1. The van der Waals surface area contributed by atoms with Gasteiger partial charge in [-0.3, -0.25) is 4.79 Å². The standard InChI is InChI=1S/C16H13Cl2NO4/c1-9-6-11(17)7-13(18)15(9)23-8-14(20)19-12-4-2-10(3-5-12)16(21)22/h2-7H,8H2,1H3,(H,19,20)(H,21,22). The Kier molecular flexibility index (Phi) is 5.47. The van der Waals surface area contributed by atoms with Crippen LogP contribution in [-0.4, -0.2) is 23.6 Å². The number of hydrogen-bond acceptors (Lipinski definition) is 3. The van der Waals surface area contributed by atoms with Crippen LogP contribution in [0.5, 0.6) is 5.75 Å². The highest BCUT2D eigenvalue weighted by Gasteiger charge is 2.10. The maximum atomic E-state index is 11.9. The second-order valence-electron chi connectivity index (χ2n) is 4.75. The van der Waals surface area contributed by atoms with Crippen molar-refractivity contribution >= 4 is 40.8 Å². The SMILES string of the molecule is Cc1cc(Cl)cc(Cl)c1OCC(=O)Nc1ccc(C(=O)O)cc1. The van der Waals surface area contributed by atoms with Crippen LogP contribution in [0.1, 0.15) is 15.9 Å². The molecular weight excluding hydrogens is 341 g/mol. The van der Waals surface area contributed by atoms with Gasteiger partial charge in [-0.15, -0.1) is 0 Å². The van der Waals surface area contributed by atoms with Crippen LogP contribution in [0.2, 0.25) is 10.0 Å². The van der Waals surface area contributed by atoms with E-state index in [-0.39, 0.29) is 12.2 Å². The summed E-state index contributed by atoms with van der Waals surface area (Å²) in [4.78, 5) is 22.6. The molecule has 0 bridgehead atoms. The van der Waals surface area contributed by atoms with Crippen molar-refractivity contribution in [1.29, 1.82) is 0 Å². The van der Waals surface area contributed by atoms with E-state index in [0.29, 0.717) is 21.5 Å². The van der Waals surface area contributed by atoms with Crippen LogP contribution in [-0.2, 0) is 4.79 Å². The molecule has 0 radical (unpaired) electrons. The molecule has 2 aromatic carbocycles. The second kappa shape index (κ2) is 7.35. The maximum absolute atomic E-state index is 11.9. The average molecular weight is 354 g/mol. The molecule has 0 atom stereocenters. The normalized spacial score (nSPS) is 10.2. The van der Waals surface area contributed by atoms with E-state index < -0.39 is 11.9 Å². The van der Waals surface area contributed by atoms with Gasteiger partial charge in [-0.25, -0.2) is 4.79 Å². The molecule has 0 unspecified atom stereocenters. The van der Waals surface area contributed by atoms with E-state index in [1.807, 2.05) is 0 Å². The Labute approximate surface area is 142 Å². The number of benzene rings is 2. The van der Waals surface area contributed by atoms with Gasteiger partial charge in [-0.05, 0) is 48.9 Å². The lowest BCUT2D eigenvalue weighted by molar-refractivity contribution is -0.118. The second-order valence-corrected chi connectivity index (χ2v) is 5.60. The number of ether oxygens (including phenoxy) is 1. The molecule has 0 aliphatic rings. The van der Waals surface area contributed by atoms with Crippen molar-refractivity contribution in [2.45, 2.75) is 6.92 Å². The number of aromatic carboxylic acids is 1. The molecule has 0 aliphatic carbocycles. The van der Waals surface area contributed by atoms with Gasteiger partial charge in [0.1, 0.15) is 5.75 Å². The zero-order valence-corrected chi connectivity index (χ0v) is 13.6. The molecule has 2 aromatic rings. The molecule has 0 aliphatic heterocycles. The van der Waals surface area contributed by atoms with Gasteiger partial charge in [0.25, 0.3) is 5.91 Å². The summed E-state index contributed by atoms with van der Waals surface area (Å²) >= 11 is 11.9. The first-order chi connectivity index (χ1) is 10.9. The van der Waals surface area contributed by atoms with Crippen molar-refractivity contribution in [2.75, 3.05) is 11.9 Å². The molecule has 5 nitrogen and oxygen atoms in total. The highest BCUT2D eigenvalue weighted by atomic mass is 35.5. The summed E-state index contributed by atoms with van der Waals surface area (Å²) in [6.45, 7) is 1.54. The van der Waals surface area contributed by atoms with E-state index in [2.05, 4.69) is 5.32 Å².